The van der Waals surface area contributed by atoms with Crippen molar-refractivity contribution in [3.63, 3.8) is 0 Å². The van der Waals surface area contributed by atoms with Crippen molar-refractivity contribution in [2.75, 3.05) is 5.73 Å². The fourth-order valence-electron chi connectivity index (χ4n) is 3.03. The summed E-state index contributed by atoms with van der Waals surface area (Å²) in [5.41, 5.74) is 8.91. The topological polar surface area (TPSA) is 62.3 Å². The van der Waals surface area contributed by atoms with E-state index in [-0.39, 0.29) is 12.0 Å². The Bertz CT molecular complexity index is 922. The number of imidazole rings is 1. The van der Waals surface area contributed by atoms with E-state index >= 15 is 0 Å². The molecule has 0 saturated carbocycles. The van der Waals surface area contributed by atoms with Crippen molar-refractivity contribution in [2.24, 2.45) is 0 Å². The van der Waals surface area contributed by atoms with Crippen LogP contribution in [0.5, 0.6) is 11.5 Å². The van der Waals surface area contributed by atoms with E-state index in [0.29, 0.717) is 23.4 Å². The van der Waals surface area contributed by atoms with Gasteiger partial charge in [-0.25, -0.2) is 4.98 Å². The molecule has 1 unspecified atom stereocenters. The van der Waals surface area contributed by atoms with Gasteiger partial charge in [-0.05, 0) is 29.8 Å². The number of nitrogens with two attached hydrogens (primary N) is 1. The second kappa shape index (κ2) is 5.98. The van der Waals surface area contributed by atoms with Crippen molar-refractivity contribution in [1.82, 2.24) is 9.55 Å². The van der Waals surface area contributed by atoms with Crippen LogP contribution in [-0.4, -0.2) is 15.9 Å². The summed E-state index contributed by atoms with van der Waals surface area (Å²) in [4.78, 5) is 4.02. The zero-order valence-corrected chi connectivity index (χ0v) is 13.4. The maximum Gasteiger partial charge on any atom is 0.573 e. The summed E-state index contributed by atoms with van der Waals surface area (Å²) in [6, 6.07) is 9.21. The third-order valence-electron chi connectivity index (χ3n) is 4.09. The summed E-state index contributed by atoms with van der Waals surface area (Å²) in [6.07, 6.45) is 0.813. The smallest absolute Gasteiger partial charge is 0.469 e. The predicted octanol–water partition coefficient (Wildman–Crippen LogP) is 4.16. The molecule has 0 radical (unpaired) electrons. The van der Waals surface area contributed by atoms with Gasteiger partial charge in [0, 0.05) is 35.6 Å². The van der Waals surface area contributed by atoms with Gasteiger partial charge in [-0.2, -0.15) is 0 Å². The molecule has 8 heteroatoms. The summed E-state index contributed by atoms with van der Waals surface area (Å²) in [5.74, 6) is 0.390. The lowest BCUT2D eigenvalue weighted by molar-refractivity contribution is -0.274. The Balaban J connectivity index is 1.66. The van der Waals surface area contributed by atoms with Gasteiger partial charge in [0.2, 0.25) is 0 Å². The molecule has 1 aromatic heterocycles. The van der Waals surface area contributed by atoms with Crippen LogP contribution in [0.3, 0.4) is 0 Å². The molecule has 1 atom stereocenters. The maximum atomic E-state index is 12.3. The predicted molar refractivity (Wildman–Crippen MR) is 88.6 cm³/mol. The molecule has 0 bridgehead atoms. The van der Waals surface area contributed by atoms with Gasteiger partial charge in [0.1, 0.15) is 11.5 Å². The SMILES string of the molecule is Nc1cc2c(c(-c3ccc(OC(F)(F)F)cc3)c1)OC(n1ccnc1)C2. The number of halogens is 3. The number of hydrogen-bond donors (Lipinski definition) is 1. The molecule has 2 aromatic carbocycles. The minimum absolute atomic E-state index is 0.235. The number of anilines is 1. The number of rotatable bonds is 3. The Hall–Kier alpha value is -3.16. The number of alkyl halides is 3. The van der Waals surface area contributed by atoms with Crippen molar-refractivity contribution in [1.29, 1.82) is 0 Å². The lowest BCUT2D eigenvalue weighted by Gasteiger charge is -2.14. The molecule has 0 spiro atoms. The van der Waals surface area contributed by atoms with Gasteiger partial charge in [0.15, 0.2) is 6.23 Å². The third-order valence-corrected chi connectivity index (χ3v) is 4.09. The van der Waals surface area contributed by atoms with Crippen molar-refractivity contribution >= 4 is 5.69 Å². The van der Waals surface area contributed by atoms with Crippen LogP contribution in [-0.2, 0) is 6.42 Å². The van der Waals surface area contributed by atoms with E-state index < -0.39 is 6.36 Å². The molecular weight excluding hydrogens is 347 g/mol. The zero-order valence-electron chi connectivity index (χ0n) is 13.4. The number of benzene rings is 2. The van der Waals surface area contributed by atoms with Crippen LogP contribution in [0.2, 0.25) is 0 Å². The first-order valence-electron chi connectivity index (χ1n) is 7.82. The van der Waals surface area contributed by atoms with Gasteiger partial charge in [0.25, 0.3) is 0 Å². The van der Waals surface area contributed by atoms with Crippen molar-refractivity contribution in [3.05, 3.63) is 60.7 Å². The molecule has 1 aliphatic heterocycles. The van der Waals surface area contributed by atoms with E-state index in [9.17, 15) is 13.2 Å². The summed E-state index contributed by atoms with van der Waals surface area (Å²) >= 11 is 0. The van der Waals surface area contributed by atoms with Crippen LogP contribution in [0.25, 0.3) is 11.1 Å². The highest BCUT2D eigenvalue weighted by Gasteiger charge is 2.31. The summed E-state index contributed by atoms with van der Waals surface area (Å²) < 4.78 is 48.7. The van der Waals surface area contributed by atoms with Gasteiger partial charge in [-0.1, -0.05) is 12.1 Å². The largest absolute Gasteiger partial charge is 0.573 e. The fraction of sp³-hybridized carbons (Fsp3) is 0.167. The van der Waals surface area contributed by atoms with E-state index in [4.69, 9.17) is 10.5 Å². The van der Waals surface area contributed by atoms with Gasteiger partial charge in [-0.3, -0.25) is 0 Å². The first-order chi connectivity index (χ1) is 12.4. The molecule has 4 rings (SSSR count). The highest BCUT2D eigenvalue weighted by molar-refractivity contribution is 5.77. The first-order valence-corrected chi connectivity index (χ1v) is 7.82. The second-order valence-electron chi connectivity index (χ2n) is 5.92. The number of nitrogen functional groups attached to an aromatic ring is 1. The molecule has 2 N–H and O–H groups in total. The zero-order chi connectivity index (χ0) is 18.3. The molecule has 0 amide bonds. The number of nitrogens with zero attached hydrogens (tertiary/aromatic N) is 2. The standard InChI is InChI=1S/C18H14F3N3O2/c19-18(20,21)26-14-3-1-11(2-4-14)15-9-13(22)7-12-8-16(25-17(12)15)24-6-5-23-10-24/h1-7,9-10,16H,8,22H2. The molecule has 134 valence electrons. The highest BCUT2D eigenvalue weighted by atomic mass is 19.4. The number of hydrogen-bond acceptors (Lipinski definition) is 4. The van der Waals surface area contributed by atoms with Crippen LogP contribution in [0, 0.1) is 0 Å². The van der Waals surface area contributed by atoms with Gasteiger partial charge >= 0.3 is 6.36 Å². The van der Waals surface area contributed by atoms with E-state index in [2.05, 4.69) is 9.72 Å². The van der Waals surface area contributed by atoms with E-state index in [1.807, 2.05) is 16.8 Å². The average Bonchev–Trinajstić information content (AvgIpc) is 3.22. The number of fused-ring (bicyclic) bond motifs is 1. The number of aromatic nitrogens is 2. The summed E-state index contributed by atoms with van der Waals surface area (Å²) in [7, 11) is 0. The third kappa shape index (κ3) is 3.17. The first kappa shape index (κ1) is 16.3. The van der Waals surface area contributed by atoms with Gasteiger partial charge in [-0.15, -0.1) is 13.2 Å². The van der Waals surface area contributed by atoms with E-state index in [0.717, 1.165) is 11.1 Å². The Morgan fingerprint density at radius 1 is 1.19 bits per heavy atom. The fourth-order valence-corrected chi connectivity index (χ4v) is 3.03. The maximum absolute atomic E-state index is 12.3. The van der Waals surface area contributed by atoms with Crippen LogP contribution >= 0.6 is 0 Å². The molecular formula is C18H14F3N3O2. The van der Waals surface area contributed by atoms with Crippen LogP contribution < -0.4 is 15.2 Å². The van der Waals surface area contributed by atoms with E-state index in [1.54, 1.807) is 30.7 Å². The van der Waals surface area contributed by atoms with Crippen molar-refractivity contribution < 1.29 is 22.6 Å². The van der Waals surface area contributed by atoms with Gasteiger partial charge in [0.05, 0.1) is 6.33 Å². The Morgan fingerprint density at radius 2 is 1.96 bits per heavy atom. The molecule has 5 nitrogen and oxygen atoms in total. The number of ether oxygens (including phenoxy) is 2. The molecule has 1 aliphatic rings. The summed E-state index contributed by atoms with van der Waals surface area (Å²) in [5, 5.41) is 0. The van der Waals surface area contributed by atoms with Crippen LogP contribution in [0.4, 0.5) is 18.9 Å². The highest BCUT2D eigenvalue weighted by Crippen LogP contribution is 2.43. The lowest BCUT2D eigenvalue weighted by Crippen LogP contribution is -2.16. The molecule has 0 fully saturated rings. The van der Waals surface area contributed by atoms with Gasteiger partial charge < -0.3 is 19.8 Å². The van der Waals surface area contributed by atoms with Crippen LogP contribution in [0.1, 0.15) is 11.8 Å². The Kier molecular flexibility index (Phi) is 3.75. The molecule has 3 aromatic rings. The molecule has 26 heavy (non-hydrogen) atoms. The summed E-state index contributed by atoms with van der Waals surface area (Å²) in [6.45, 7) is 0. The monoisotopic (exact) mass is 361 g/mol. The molecule has 0 aliphatic carbocycles. The quantitative estimate of drug-likeness (QED) is 0.712. The molecule has 0 saturated heterocycles. The Morgan fingerprint density at radius 3 is 2.62 bits per heavy atom. The second-order valence-corrected chi connectivity index (χ2v) is 5.92. The van der Waals surface area contributed by atoms with Crippen LogP contribution in [0.15, 0.2) is 55.1 Å². The minimum Gasteiger partial charge on any atom is -0.469 e. The molecule has 2 heterocycles. The Labute approximate surface area is 146 Å². The lowest BCUT2D eigenvalue weighted by atomic mass is 10.00. The minimum atomic E-state index is -4.72. The average molecular weight is 361 g/mol. The van der Waals surface area contributed by atoms with Crippen molar-refractivity contribution in [2.45, 2.75) is 19.0 Å². The van der Waals surface area contributed by atoms with Crippen molar-refractivity contribution in [3.8, 4) is 22.6 Å². The normalized spacial score (nSPS) is 16.2. The van der Waals surface area contributed by atoms with E-state index in [1.165, 1.54) is 12.1 Å².